The summed E-state index contributed by atoms with van der Waals surface area (Å²) in [7, 11) is 0. The molecule has 5 rings (SSSR count). The molecular weight excluding hydrogens is 440 g/mol. The van der Waals surface area contributed by atoms with Gasteiger partial charge in [0, 0.05) is 37.2 Å². The molecule has 6 nitrogen and oxygen atoms in total. The lowest BCUT2D eigenvalue weighted by molar-refractivity contribution is -0.160. The molecule has 6 unspecified atom stereocenters. The smallest absolute Gasteiger partial charge is 0.306 e. The first-order valence-electron chi connectivity index (χ1n) is 13.4. The van der Waals surface area contributed by atoms with E-state index in [2.05, 4.69) is 24.1 Å². The molecule has 1 aromatic rings. The minimum Gasteiger partial charge on any atom is -0.462 e. The van der Waals surface area contributed by atoms with Crippen molar-refractivity contribution in [1.29, 1.82) is 0 Å². The zero-order chi connectivity index (χ0) is 24.6. The maximum atomic E-state index is 12.7. The van der Waals surface area contributed by atoms with E-state index in [0.717, 1.165) is 50.5 Å². The minimum atomic E-state index is -0.260. The number of ketones is 1. The van der Waals surface area contributed by atoms with Crippen LogP contribution in [0.1, 0.15) is 83.6 Å². The van der Waals surface area contributed by atoms with Crippen LogP contribution in [0.2, 0.25) is 0 Å². The summed E-state index contributed by atoms with van der Waals surface area (Å²) in [6.07, 6.45) is 13.7. The second-order valence-corrected chi connectivity index (χ2v) is 11.7. The number of carbonyl (C=O) groups is 3. The van der Waals surface area contributed by atoms with Crippen LogP contribution in [0.5, 0.6) is 0 Å². The molecule has 35 heavy (non-hydrogen) atoms. The highest BCUT2D eigenvalue weighted by Crippen LogP contribution is 2.65. The number of hydrogen-bond acceptors (Lipinski definition) is 5. The molecule has 3 fully saturated rings. The molecule has 0 saturated heterocycles. The van der Waals surface area contributed by atoms with Crippen molar-refractivity contribution in [3.05, 3.63) is 41.7 Å². The number of ether oxygens (including phenoxy) is 1. The monoisotopic (exact) mass is 478 g/mol. The summed E-state index contributed by atoms with van der Waals surface area (Å²) in [5.74, 6) is 1.75. The van der Waals surface area contributed by atoms with Crippen LogP contribution in [0.4, 0.5) is 0 Å². The molecule has 0 radical (unpaired) electrons. The Balaban J connectivity index is 1.16. The molecule has 0 aromatic carbocycles. The normalized spacial score (nSPS) is 35.8. The summed E-state index contributed by atoms with van der Waals surface area (Å²) in [6.45, 7) is 5.17. The molecule has 1 N–H and O–H groups in total. The fraction of sp³-hybridized carbons (Fsp3) is 0.655. The number of esters is 1. The largest absolute Gasteiger partial charge is 0.462 e. The molecule has 0 aliphatic heterocycles. The van der Waals surface area contributed by atoms with E-state index in [1.165, 1.54) is 5.57 Å². The Bertz CT molecular complexity index is 1020. The zero-order valence-corrected chi connectivity index (χ0v) is 21.1. The number of aromatic nitrogens is 1. The Morgan fingerprint density at radius 2 is 1.83 bits per heavy atom. The predicted molar refractivity (Wildman–Crippen MR) is 132 cm³/mol. The van der Waals surface area contributed by atoms with E-state index in [-0.39, 0.29) is 41.7 Å². The van der Waals surface area contributed by atoms with Gasteiger partial charge in [0.15, 0.2) is 5.78 Å². The van der Waals surface area contributed by atoms with E-state index >= 15 is 0 Å². The summed E-state index contributed by atoms with van der Waals surface area (Å²) < 4.78 is 6.04. The third-order valence-corrected chi connectivity index (χ3v) is 9.94. The molecule has 1 heterocycles. The Kier molecular flexibility index (Phi) is 6.58. The first-order chi connectivity index (χ1) is 16.8. The molecule has 4 aliphatic carbocycles. The molecule has 6 atom stereocenters. The molecule has 1 aromatic heterocycles. The molecule has 0 spiro atoms. The fourth-order valence-electron chi connectivity index (χ4n) is 7.93. The summed E-state index contributed by atoms with van der Waals surface area (Å²) in [4.78, 5) is 40.9. The van der Waals surface area contributed by atoms with Crippen LogP contribution in [0, 0.1) is 28.6 Å². The topological polar surface area (TPSA) is 85.4 Å². The first-order valence-corrected chi connectivity index (χ1v) is 13.4. The minimum absolute atomic E-state index is 0.0164. The van der Waals surface area contributed by atoms with Crippen LogP contribution >= 0.6 is 0 Å². The Morgan fingerprint density at radius 1 is 1.03 bits per heavy atom. The average Bonchev–Trinajstić information content (AvgIpc) is 3.18. The van der Waals surface area contributed by atoms with Crippen molar-refractivity contribution < 1.29 is 19.1 Å². The van der Waals surface area contributed by atoms with Gasteiger partial charge in [0.1, 0.15) is 6.10 Å². The number of rotatable bonds is 6. The van der Waals surface area contributed by atoms with E-state index in [0.29, 0.717) is 36.5 Å². The number of allylic oxidation sites excluding steroid dienone is 1. The molecule has 4 aliphatic rings. The zero-order valence-electron chi connectivity index (χ0n) is 21.1. The molecular formula is C29H38N2O4. The van der Waals surface area contributed by atoms with Crippen molar-refractivity contribution in [3.63, 3.8) is 0 Å². The van der Waals surface area contributed by atoms with Crippen LogP contribution in [0.3, 0.4) is 0 Å². The second kappa shape index (κ2) is 9.51. The van der Waals surface area contributed by atoms with Crippen LogP contribution in [-0.2, 0) is 25.7 Å². The highest BCUT2D eigenvalue weighted by Gasteiger charge is 2.59. The van der Waals surface area contributed by atoms with Crippen molar-refractivity contribution in [2.45, 2.75) is 90.7 Å². The van der Waals surface area contributed by atoms with E-state index in [4.69, 9.17) is 4.74 Å². The summed E-state index contributed by atoms with van der Waals surface area (Å²) in [5, 5.41) is 2.86. The van der Waals surface area contributed by atoms with Gasteiger partial charge >= 0.3 is 5.97 Å². The summed E-state index contributed by atoms with van der Waals surface area (Å²) in [5.41, 5.74) is 2.55. The van der Waals surface area contributed by atoms with Gasteiger partial charge in [-0.25, -0.2) is 0 Å². The van der Waals surface area contributed by atoms with Gasteiger partial charge < -0.3 is 10.1 Å². The lowest BCUT2D eigenvalue weighted by atomic mass is 9.47. The van der Waals surface area contributed by atoms with Gasteiger partial charge in [-0.2, -0.15) is 0 Å². The number of pyridine rings is 1. The van der Waals surface area contributed by atoms with Gasteiger partial charge in [-0.05, 0) is 91.9 Å². The summed E-state index contributed by atoms with van der Waals surface area (Å²) in [6, 6.07) is 3.72. The quantitative estimate of drug-likeness (QED) is 0.587. The predicted octanol–water partition coefficient (Wildman–Crippen LogP) is 4.92. The number of fused-ring (bicyclic) bond motifs is 5. The highest BCUT2D eigenvalue weighted by molar-refractivity contribution is 5.91. The van der Waals surface area contributed by atoms with E-state index in [9.17, 15) is 14.4 Å². The summed E-state index contributed by atoms with van der Waals surface area (Å²) >= 11 is 0. The Morgan fingerprint density at radius 3 is 2.63 bits per heavy atom. The van der Waals surface area contributed by atoms with Crippen LogP contribution < -0.4 is 5.32 Å². The van der Waals surface area contributed by atoms with Gasteiger partial charge in [0.2, 0.25) is 5.91 Å². The molecule has 3 saturated carbocycles. The van der Waals surface area contributed by atoms with Crippen LogP contribution in [0.25, 0.3) is 0 Å². The SMILES string of the molecule is CC12CCC(=O)C=C1CCC1C2CCC2(C)C(OC(=O)CCC(=O)NCc3ccncc3)CCC12. The molecule has 6 heteroatoms. The number of nitrogens with zero attached hydrogens (tertiary/aromatic N) is 1. The average molecular weight is 479 g/mol. The van der Waals surface area contributed by atoms with Gasteiger partial charge in [-0.3, -0.25) is 19.4 Å². The highest BCUT2D eigenvalue weighted by atomic mass is 16.5. The lowest BCUT2D eigenvalue weighted by Gasteiger charge is -2.57. The third kappa shape index (κ3) is 4.56. The van der Waals surface area contributed by atoms with E-state index in [1.54, 1.807) is 12.4 Å². The molecule has 188 valence electrons. The van der Waals surface area contributed by atoms with Crippen molar-refractivity contribution >= 4 is 17.7 Å². The lowest BCUT2D eigenvalue weighted by Crippen LogP contribution is -2.51. The van der Waals surface area contributed by atoms with Crippen molar-refractivity contribution in [3.8, 4) is 0 Å². The van der Waals surface area contributed by atoms with Crippen molar-refractivity contribution in [2.24, 2.45) is 28.6 Å². The standard InChI is InChI=1S/C29H38N2O4/c1-28-13-9-21(32)17-20(28)3-4-22-23-5-6-25(29(23,2)14-10-24(22)28)35-27(34)8-7-26(33)31-18-19-11-15-30-16-12-19/h11-12,15-17,22-25H,3-10,13-14,18H2,1-2H3,(H,31,33). The maximum absolute atomic E-state index is 12.7. The van der Waals surface area contributed by atoms with E-state index in [1.807, 2.05) is 18.2 Å². The Labute approximate surface area is 208 Å². The van der Waals surface area contributed by atoms with Crippen molar-refractivity contribution in [1.82, 2.24) is 10.3 Å². The maximum Gasteiger partial charge on any atom is 0.306 e. The van der Waals surface area contributed by atoms with Gasteiger partial charge in [0.05, 0.1) is 6.42 Å². The molecule has 1 amide bonds. The van der Waals surface area contributed by atoms with Crippen LogP contribution in [-0.4, -0.2) is 28.7 Å². The number of amides is 1. The van der Waals surface area contributed by atoms with Gasteiger partial charge in [-0.15, -0.1) is 0 Å². The fourth-order valence-corrected chi connectivity index (χ4v) is 7.93. The third-order valence-electron chi connectivity index (χ3n) is 9.94. The Hall–Kier alpha value is -2.50. The van der Waals surface area contributed by atoms with Gasteiger partial charge in [0.25, 0.3) is 0 Å². The molecule has 0 bridgehead atoms. The number of hydrogen-bond donors (Lipinski definition) is 1. The number of carbonyl (C=O) groups excluding carboxylic acids is 3. The van der Waals surface area contributed by atoms with E-state index < -0.39 is 0 Å². The number of nitrogens with one attached hydrogen (secondary N) is 1. The van der Waals surface area contributed by atoms with Crippen LogP contribution in [0.15, 0.2) is 36.2 Å². The first kappa shape index (κ1) is 24.2. The second-order valence-electron chi connectivity index (χ2n) is 11.7. The van der Waals surface area contributed by atoms with Gasteiger partial charge in [-0.1, -0.05) is 19.4 Å². The van der Waals surface area contributed by atoms with Crippen molar-refractivity contribution in [2.75, 3.05) is 0 Å².